The van der Waals surface area contributed by atoms with E-state index in [0.717, 1.165) is 12.8 Å². The summed E-state index contributed by atoms with van der Waals surface area (Å²) in [5.74, 6) is 0. The minimum absolute atomic E-state index is 0. The van der Waals surface area contributed by atoms with Crippen molar-refractivity contribution in [3.63, 3.8) is 0 Å². The minimum atomic E-state index is -3.75. The van der Waals surface area contributed by atoms with Crippen LogP contribution in [-0.4, -0.2) is 12.2 Å². The fourth-order valence-corrected chi connectivity index (χ4v) is 47.1. The topological polar surface area (TPSA) is 0 Å². The molecule has 0 saturated heterocycles. The second-order valence-electron chi connectivity index (χ2n) is 14.6. The molecule has 48 heavy (non-hydrogen) atoms. The average molecular weight is 895 g/mol. The third-order valence-corrected chi connectivity index (χ3v) is 43.7. The maximum absolute atomic E-state index is 3.75. The van der Waals surface area contributed by atoms with E-state index in [4.69, 9.17) is 0 Å². The van der Waals surface area contributed by atoms with Crippen molar-refractivity contribution in [3.8, 4) is 22.3 Å². The summed E-state index contributed by atoms with van der Waals surface area (Å²) in [5, 5.41) is 5.32. The summed E-state index contributed by atoms with van der Waals surface area (Å²) >= 11 is -2.33. The molecule has 242 valence electrons. The van der Waals surface area contributed by atoms with Crippen molar-refractivity contribution in [2.24, 2.45) is 0 Å². The molecule has 0 bridgehead atoms. The Labute approximate surface area is 303 Å². The average Bonchev–Trinajstić information content (AvgIpc) is 3.68. The Morgan fingerprint density at radius 1 is 0.479 bits per heavy atom. The van der Waals surface area contributed by atoms with Gasteiger partial charge in [-0.05, 0) is 0 Å². The molecule has 0 N–H and O–H groups in total. The summed E-state index contributed by atoms with van der Waals surface area (Å²) in [7, 11) is 0. The van der Waals surface area contributed by atoms with Crippen LogP contribution in [0.5, 0.6) is 0 Å². The molecule has 2 aliphatic carbocycles. The molecule has 0 saturated carbocycles. The van der Waals surface area contributed by atoms with Crippen LogP contribution in [0.2, 0.25) is 9.36 Å². The van der Waals surface area contributed by atoms with Gasteiger partial charge in [0.2, 0.25) is 0 Å². The molecule has 0 amide bonds. The number of benzene rings is 6. The Balaban J connectivity index is 0.00000201. The van der Waals surface area contributed by atoms with Crippen molar-refractivity contribution in [1.29, 1.82) is 0 Å². The molecular weight excluding hydrogens is 850 g/mol. The van der Waals surface area contributed by atoms with E-state index in [1.165, 1.54) is 67.1 Å². The smallest absolute Gasteiger partial charge is 0.147 e. The first-order valence-electron chi connectivity index (χ1n) is 17.0. The minimum Gasteiger partial charge on any atom is -0.147 e. The Hall–Kier alpha value is -2.69. The second-order valence-corrected chi connectivity index (χ2v) is 78.2. The summed E-state index contributed by atoms with van der Waals surface area (Å²) in [5.41, 5.74) is 15.0. The molecule has 4 heteroatoms. The normalized spacial score (nSPS) is 16.9. The zero-order valence-electron chi connectivity index (χ0n) is 28.3. The first-order valence-corrected chi connectivity index (χ1v) is 43.0. The molecule has 0 fully saturated rings. The quantitative estimate of drug-likeness (QED) is 0.146. The van der Waals surface area contributed by atoms with Gasteiger partial charge in [0.25, 0.3) is 0 Å². The van der Waals surface area contributed by atoms with Gasteiger partial charge in [-0.2, -0.15) is 0 Å². The SMILES string of the molecule is CCC1=Cc2c(-c3cccc4ccccc34)cccc2[CH]1[Hf]([CH3])([CH3])(=[GeH2])[CH]1C(CC)=Cc2c(-c3cccc4ccccc34)cccc21.Cl.Cl. The van der Waals surface area contributed by atoms with Crippen LogP contribution in [0.3, 0.4) is 0 Å². The van der Waals surface area contributed by atoms with Gasteiger partial charge in [-0.3, -0.25) is 0 Å². The van der Waals surface area contributed by atoms with Crippen LogP contribution < -0.4 is 0 Å². The van der Waals surface area contributed by atoms with Crippen molar-refractivity contribution in [3.05, 3.63) is 155 Å². The molecule has 2 unspecified atom stereocenters. The maximum Gasteiger partial charge on any atom is -0.147 e. The van der Waals surface area contributed by atoms with Gasteiger partial charge in [0.15, 0.2) is 0 Å². The van der Waals surface area contributed by atoms with Gasteiger partial charge >= 0.3 is 282 Å². The standard InChI is InChI=1S/2C21H17.2CH3.2ClH.GeH2.Hf/c2*1-2-15-13-17-9-6-12-20(21(17)14-15)19-11-5-8-16-7-3-4-10-18(16)19;;;;;;/h2*3-14H,2H2,1H3;2*1H3;2*1H;1H2;. The van der Waals surface area contributed by atoms with Crippen molar-refractivity contribution >= 4 is 70.7 Å². The largest absolute Gasteiger partial charge is 0.147 e. The molecular formula is C44H44Cl2GeHf. The Morgan fingerprint density at radius 2 is 0.833 bits per heavy atom. The van der Waals surface area contributed by atoms with Gasteiger partial charge in [0, 0.05) is 0 Å². The monoisotopic (exact) mass is 896 g/mol. The van der Waals surface area contributed by atoms with E-state index in [9.17, 15) is 0 Å². The molecule has 0 nitrogen and oxygen atoms in total. The van der Waals surface area contributed by atoms with Crippen LogP contribution >= 0.6 is 24.8 Å². The number of allylic oxidation sites excluding steroid dienone is 2. The molecule has 6 aromatic carbocycles. The molecule has 6 aromatic rings. The third kappa shape index (κ3) is 5.45. The predicted octanol–water partition coefficient (Wildman–Crippen LogP) is 12.9. The van der Waals surface area contributed by atoms with Crippen LogP contribution in [0.1, 0.15) is 56.3 Å². The zero-order chi connectivity index (χ0) is 31.7. The van der Waals surface area contributed by atoms with Gasteiger partial charge in [-0.25, -0.2) is 0 Å². The van der Waals surface area contributed by atoms with E-state index < -0.39 is 15.4 Å². The molecule has 0 aliphatic heterocycles. The first-order chi connectivity index (χ1) is 22.3. The molecule has 0 radical (unpaired) electrons. The van der Waals surface area contributed by atoms with Gasteiger partial charge < -0.3 is 0 Å². The van der Waals surface area contributed by atoms with E-state index in [1.54, 1.807) is 22.3 Å². The Morgan fingerprint density at radius 3 is 1.25 bits per heavy atom. The van der Waals surface area contributed by atoms with E-state index in [0.29, 0.717) is 7.35 Å². The number of hydrogen-bond donors (Lipinski definition) is 0. The fourth-order valence-electron chi connectivity index (χ4n) is 9.34. The van der Waals surface area contributed by atoms with Crippen molar-refractivity contribution < 1.29 is 15.4 Å². The molecule has 0 spiro atoms. The zero-order valence-corrected chi connectivity index (χ0v) is 36.5. The number of rotatable bonds is 6. The van der Waals surface area contributed by atoms with E-state index in [1.807, 2.05) is 0 Å². The molecule has 2 atom stereocenters. The summed E-state index contributed by atoms with van der Waals surface area (Å²) in [6, 6.07) is 45.7. The third-order valence-electron chi connectivity index (χ3n) is 11.2. The molecule has 0 aromatic heterocycles. The Bertz CT molecular complexity index is 2170. The fraction of sp³-hybridized carbons (Fsp3) is 0.182. The van der Waals surface area contributed by atoms with E-state index in [-0.39, 0.29) is 24.8 Å². The molecule has 2 aliphatic rings. The first kappa shape index (κ1) is 35.1. The van der Waals surface area contributed by atoms with Crippen LogP contribution in [0.25, 0.3) is 56.0 Å². The van der Waals surface area contributed by atoms with Gasteiger partial charge in [0.1, 0.15) is 0 Å². The summed E-state index contributed by atoms with van der Waals surface area (Å²) in [4.78, 5) is 0. The summed E-state index contributed by atoms with van der Waals surface area (Å²) in [6.45, 7) is 4.79. The summed E-state index contributed by atoms with van der Waals surface area (Å²) < 4.78 is 6.80. The van der Waals surface area contributed by atoms with Crippen LogP contribution in [0.4, 0.5) is 0 Å². The van der Waals surface area contributed by atoms with Crippen molar-refractivity contribution in [2.75, 3.05) is 0 Å². The maximum atomic E-state index is 2.83. The number of fused-ring (bicyclic) bond motifs is 4. The van der Waals surface area contributed by atoms with Crippen LogP contribution in [-0.2, 0) is 15.4 Å². The predicted molar refractivity (Wildman–Crippen MR) is 216 cm³/mol. The second kappa shape index (κ2) is 13.2. The number of halogens is 2. The van der Waals surface area contributed by atoms with Crippen molar-refractivity contribution in [2.45, 2.75) is 43.4 Å². The number of hydrogen-bond acceptors (Lipinski definition) is 0. The molecule has 8 rings (SSSR count). The molecule has 0 heterocycles. The van der Waals surface area contributed by atoms with Gasteiger partial charge in [0.05, 0.1) is 0 Å². The van der Waals surface area contributed by atoms with Crippen LogP contribution in [0, 0.1) is 0 Å². The summed E-state index contributed by atoms with van der Waals surface area (Å²) in [6.07, 6.45) is 7.47. The van der Waals surface area contributed by atoms with E-state index in [2.05, 4.69) is 157 Å². The van der Waals surface area contributed by atoms with Crippen LogP contribution in [0.15, 0.2) is 132 Å². The van der Waals surface area contributed by atoms with Gasteiger partial charge in [-0.15, -0.1) is 24.8 Å². The van der Waals surface area contributed by atoms with Crippen molar-refractivity contribution in [1.82, 2.24) is 0 Å². The Kier molecular flexibility index (Phi) is 9.68. The van der Waals surface area contributed by atoms with E-state index >= 15 is 0 Å². The van der Waals surface area contributed by atoms with Gasteiger partial charge in [-0.1, -0.05) is 0 Å².